The Morgan fingerprint density at radius 1 is 1.00 bits per heavy atom. The number of hydrogen-bond acceptors (Lipinski definition) is 10. The van der Waals surface area contributed by atoms with E-state index in [2.05, 4.69) is 35.3 Å². The number of nitrogens with one attached hydrogen (secondary N) is 1. The zero-order chi connectivity index (χ0) is 32.3. The average Bonchev–Trinajstić information content (AvgIpc) is 3.07. The molecule has 1 fully saturated rings. The van der Waals surface area contributed by atoms with Crippen molar-refractivity contribution >= 4 is 5.69 Å². The van der Waals surface area contributed by atoms with Crippen LogP contribution in [0.4, 0.5) is 5.69 Å². The van der Waals surface area contributed by atoms with Crippen LogP contribution in [-0.4, -0.2) is 76.5 Å². The van der Waals surface area contributed by atoms with Crippen LogP contribution < -0.4 is 19.7 Å². The molecular formula is C35H45N3O8. The summed E-state index contributed by atoms with van der Waals surface area (Å²) >= 11 is 0. The summed E-state index contributed by atoms with van der Waals surface area (Å²) in [5, 5.41) is 13.5. The van der Waals surface area contributed by atoms with Gasteiger partial charge in [0.15, 0.2) is 0 Å². The normalized spacial score (nSPS) is 20.0. The highest BCUT2D eigenvalue weighted by atomic mass is 17.0. The number of nitrogens with zero attached hydrogens (tertiary/aromatic N) is 2. The van der Waals surface area contributed by atoms with Crippen LogP contribution in [0.5, 0.6) is 17.2 Å². The molecule has 2 aliphatic heterocycles. The lowest BCUT2D eigenvalue weighted by Gasteiger charge is -2.39. The van der Waals surface area contributed by atoms with Crippen molar-refractivity contribution in [2.24, 2.45) is 0 Å². The smallest absolute Gasteiger partial charge is 0.294 e. The fourth-order valence-electron chi connectivity index (χ4n) is 5.98. The Labute approximate surface area is 270 Å². The predicted molar refractivity (Wildman–Crippen MR) is 174 cm³/mol. The SMILES string of the molecule is CCc1ccc(Oc2ccc([C@@H]3[C@@H](OCc4ccc5c(c4)N(CCCOC)CCO5)CNC[C@H]3OCC(C)O[N+](=O)[O-])cc2)cc1. The van der Waals surface area contributed by atoms with Crippen LogP contribution in [0.25, 0.3) is 0 Å². The van der Waals surface area contributed by atoms with Gasteiger partial charge in [-0.15, -0.1) is 10.1 Å². The Morgan fingerprint density at radius 3 is 2.39 bits per heavy atom. The van der Waals surface area contributed by atoms with Gasteiger partial charge in [0, 0.05) is 39.3 Å². The molecule has 4 atom stereocenters. The zero-order valence-electron chi connectivity index (χ0n) is 26.9. The summed E-state index contributed by atoms with van der Waals surface area (Å²) in [5.41, 5.74) is 4.42. The third-order valence-corrected chi connectivity index (χ3v) is 8.36. The van der Waals surface area contributed by atoms with Crippen molar-refractivity contribution in [3.05, 3.63) is 93.5 Å². The van der Waals surface area contributed by atoms with Gasteiger partial charge in [0.25, 0.3) is 5.09 Å². The summed E-state index contributed by atoms with van der Waals surface area (Å²) in [5.74, 6) is 2.26. The molecule has 0 aromatic heterocycles. The summed E-state index contributed by atoms with van der Waals surface area (Å²) in [7, 11) is 1.72. The van der Waals surface area contributed by atoms with Crippen molar-refractivity contribution < 1.29 is 33.6 Å². The van der Waals surface area contributed by atoms with Crippen LogP contribution in [0.15, 0.2) is 66.7 Å². The van der Waals surface area contributed by atoms with E-state index < -0.39 is 11.2 Å². The molecule has 1 unspecified atom stereocenters. The van der Waals surface area contributed by atoms with Crippen molar-refractivity contribution in [3.8, 4) is 17.2 Å². The van der Waals surface area contributed by atoms with E-state index in [1.54, 1.807) is 14.0 Å². The van der Waals surface area contributed by atoms with E-state index in [9.17, 15) is 10.1 Å². The number of piperidine rings is 1. The third-order valence-electron chi connectivity index (χ3n) is 8.36. The first-order chi connectivity index (χ1) is 22.4. The van der Waals surface area contributed by atoms with Crippen molar-refractivity contribution in [3.63, 3.8) is 0 Å². The van der Waals surface area contributed by atoms with Crippen LogP contribution in [0.1, 0.15) is 42.9 Å². The Morgan fingerprint density at radius 2 is 1.70 bits per heavy atom. The first kappa shape index (κ1) is 33.5. The summed E-state index contributed by atoms with van der Waals surface area (Å²) in [6.07, 6.45) is 0.704. The molecule has 11 heteroatoms. The molecular weight excluding hydrogens is 590 g/mol. The number of anilines is 1. The molecule has 0 amide bonds. The summed E-state index contributed by atoms with van der Waals surface area (Å²) in [4.78, 5) is 17.9. The maximum Gasteiger partial charge on any atom is 0.294 e. The second kappa shape index (κ2) is 16.6. The molecule has 0 spiro atoms. The Kier molecular flexibility index (Phi) is 12.1. The standard InChI is InChI=1S/C35H45N3O8/c1-4-26-6-11-29(12-7-26)45-30-13-9-28(10-14-30)35-33(43-23-25(2)46-38(39)40)21-36-22-34(35)44-24-27-8-15-32-31(20-27)37(17-19-42-32)16-5-18-41-3/h6-15,20,25,33-36H,4-5,16-19,21-24H2,1-3H3/t25?,33-,34+,35+/m1/s1. The molecule has 248 valence electrons. The summed E-state index contributed by atoms with van der Waals surface area (Å²) in [6, 6.07) is 22.3. The highest BCUT2D eigenvalue weighted by Gasteiger charge is 2.36. The van der Waals surface area contributed by atoms with Crippen molar-refractivity contribution in [1.29, 1.82) is 0 Å². The molecule has 2 heterocycles. The van der Waals surface area contributed by atoms with Crippen molar-refractivity contribution in [1.82, 2.24) is 5.32 Å². The van der Waals surface area contributed by atoms with E-state index >= 15 is 0 Å². The van der Waals surface area contributed by atoms with Gasteiger partial charge in [-0.1, -0.05) is 37.3 Å². The zero-order valence-corrected chi connectivity index (χ0v) is 26.9. The van der Waals surface area contributed by atoms with Crippen LogP contribution in [0.2, 0.25) is 0 Å². The third kappa shape index (κ3) is 9.10. The number of rotatable bonds is 16. The lowest BCUT2D eigenvalue weighted by molar-refractivity contribution is -0.768. The number of aryl methyl sites for hydroxylation is 1. The van der Waals surface area contributed by atoms with E-state index in [-0.39, 0.29) is 24.7 Å². The maximum absolute atomic E-state index is 10.9. The number of fused-ring (bicyclic) bond motifs is 1. The minimum Gasteiger partial charge on any atom is -0.490 e. The Balaban J connectivity index is 1.31. The molecule has 5 rings (SSSR count). The van der Waals surface area contributed by atoms with Gasteiger partial charge >= 0.3 is 0 Å². The molecule has 0 radical (unpaired) electrons. The predicted octanol–water partition coefficient (Wildman–Crippen LogP) is 5.53. The van der Waals surface area contributed by atoms with Gasteiger partial charge in [0.1, 0.15) is 30.0 Å². The molecule has 3 aromatic carbocycles. The van der Waals surface area contributed by atoms with Gasteiger partial charge in [-0.2, -0.15) is 0 Å². The van der Waals surface area contributed by atoms with Crippen molar-refractivity contribution in [2.75, 3.05) is 58.0 Å². The molecule has 2 aliphatic rings. The molecule has 0 saturated carbocycles. The molecule has 0 bridgehead atoms. The lowest BCUT2D eigenvalue weighted by atomic mass is 9.85. The number of benzene rings is 3. The van der Waals surface area contributed by atoms with Gasteiger partial charge < -0.3 is 38.7 Å². The van der Waals surface area contributed by atoms with Gasteiger partial charge in [0.2, 0.25) is 0 Å². The lowest BCUT2D eigenvalue weighted by Crippen LogP contribution is -2.51. The average molecular weight is 636 g/mol. The van der Waals surface area contributed by atoms with Gasteiger partial charge in [-0.05, 0) is 72.9 Å². The van der Waals surface area contributed by atoms with E-state index in [1.165, 1.54) is 5.56 Å². The van der Waals surface area contributed by atoms with Crippen LogP contribution >= 0.6 is 0 Å². The molecule has 0 aliphatic carbocycles. The van der Waals surface area contributed by atoms with E-state index in [0.717, 1.165) is 60.0 Å². The second-order valence-corrected chi connectivity index (χ2v) is 11.7. The van der Waals surface area contributed by atoms with Crippen LogP contribution in [-0.2, 0) is 32.1 Å². The topological polar surface area (TPSA) is 114 Å². The molecule has 3 aromatic rings. The Hall–Kier alpha value is -3.90. The van der Waals surface area contributed by atoms with Crippen LogP contribution in [0, 0.1) is 10.1 Å². The van der Waals surface area contributed by atoms with E-state index in [0.29, 0.717) is 32.9 Å². The molecule has 1 N–H and O–H groups in total. The Bertz CT molecular complexity index is 1390. The highest BCUT2D eigenvalue weighted by molar-refractivity contribution is 5.61. The molecule has 11 nitrogen and oxygen atoms in total. The summed E-state index contributed by atoms with van der Waals surface area (Å²) in [6.45, 7) is 8.54. The minimum atomic E-state index is -0.784. The fourth-order valence-corrected chi connectivity index (χ4v) is 5.98. The summed E-state index contributed by atoms with van der Waals surface area (Å²) < 4.78 is 30.1. The monoisotopic (exact) mass is 635 g/mol. The van der Waals surface area contributed by atoms with Gasteiger partial charge in [-0.25, -0.2) is 0 Å². The second-order valence-electron chi connectivity index (χ2n) is 11.7. The van der Waals surface area contributed by atoms with E-state index in [4.69, 9.17) is 28.5 Å². The van der Waals surface area contributed by atoms with E-state index in [1.807, 2.05) is 48.5 Å². The van der Waals surface area contributed by atoms with Gasteiger partial charge in [-0.3, -0.25) is 0 Å². The van der Waals surface area contributed by atoms with Crippen molar-refractivity contribution in [2.45, 2.75) is 57.5 Å². The number of ether oxygens (including phenoxy) is 5. The number of hydrogen-bond donors (Lipinski definition) is 1. The first-order valence-electron chi connectivity index (χ1n) is 16.0. The number of methoxy groups -OCH3 is 1. The van der Waals surface area contributed by atoms with Gasteiger partial charge in [0.05, 0.1) is 37.7 Å². The highest BCUT2D eigenvalue weighted by Crippen LogP contribution is 2.35. The first-order valence-corrected chi connectivity index (χ1v) is 16.0. The van der Waals surface area contributed by atoms with Crippen LogP contribution in [0.3, 0.4) is 0 Å². The minimum absolute atomic E-state index is 0.0786. The largest absolute Gasteiger partial charge is 0.490 e. The molecule has 46 heavy (non-hydrogen) atoms. The molecule has 1 saturated heterocycles. The maximum atomic E-state index is 10.9. The quantitative estimate of drug-likeness (QED) is 0.122. The fraction of sp³-hybridized carbons (Fsp3) is 0.486.